The summed E-state index contributed by atoms with van der Waals surface area (Å²) in [4.78, 5) is 22.9. The lowest BCUT2D eigenvalue weighted by Crippen LogP contribution is -2.44. The van der Waals surface area contributed by atoms with Gasteiger partial charge in [0.2, 0.25) is 11.8 Å². The van der Waals surface area contributed by atoms with Gasteiger partial charge in [0.15, 0.2) is 0 Å². The van der Waals surface area contributed by atoms with Gasteiger partial charge < -0.3 is 29.6 Å². The van der Waals surface area contributed by atoms with E-state index in [0.717, 1.165) is 49.0 Å². The number of hydrogen-bond acceptors (Lipinski definition) is 9. The van der Waals surface area contributed by atoms with E-state index in [9.17, 15) is 0 Å². The number of anilines is 5. The summed E-state index contributed by atoms with van der Waals surface area (Å²) in [5, 5.41) is 6.70. The minimum Gasteiger partial charge on any atom is -0.475 e. The average molecular weight is 460 g/mol. The Hall–Kier alpha value is -3.92. The van der Waals surface area contributed by atoms with Crippen LogP contribution in [0.4, 0.5) is 29.0 Å². The minimum absolute atomic E-state index is 0.0738. The SMILES string of the molecule is CC(C)Oc1ccc(Nc2nc(Nc3ccn4ccnc4c3)cc(N3CCN(C)CC3)n2)cn1. The molecule has 176 valence electrons. The van der Waals surface area contributed by atoms with E-state index >= 15 is 0 Å². The Morgan fingerprint density at radius 2 is 1.76 bits per heavy atom. The van der Waals surface area contributed by atoms with Crippen LogP contribution in [0.5, 0.6) is 5.88 Å². The molecule has 0 amide bonds. The summed E-state index contributed by atoms with van der Waals surface area (Å²) in [6.45, 7) is 7.76. The van der Waals surface area contributed by atoms with Gasteiger partial charge in [-0.2, -0.15) is 9.97 Å². The van der Waals surface area contributed by atoms with Crippen LogP contribution >= 0.6 is 0 Å². The lowest BCUT2D eigenvalue weighted by atomic mass is 10.3. The van der Waals surface area contributed by atoms with Crippen LogP contribution in [0.25, 0.3) is 5.65 Å². The maximum atomic E-state index is 5.64. The summed E-state index contributed by atoms with van der Waals surface area (Å²) in [6, 6.07) is 9.73. The highest BCUT2D eigenvalue weighted by molar-refractivity contribution is 5.66. The van der Waals surface area contributed by atoms with Crippen molar-refractivity contribution in [3.63, 3.8) is 0 Å². The summed E-state index contributed by atoms with van der Waals surface area (Å²) >= 11 is 0. The second-order valence-corrected chi connectivity index (χ2v) is 8.64. The largest absolute Gasteiger partial charge is 0.475 e. The van der Waals surface area contributed by atoms with Gasteiger partial charge >= 0.3 is 0 Å². The Morgan fingerprint density at radius 1 is 0.912 bits per heavy atom. The molecule has 1 aliphatic heterocycles. The highest BCUT2D eigenvalue weighted by Crippen LogP contribution is 2.25. The third kappa shape index (κ3) is 5.18. The van der Waals surface area contributed by atoms with Crippen molar-refractivity contribution in [3.05, 3.63) is 55.1 Å². The van der Waals surface area contributed by atoms with Crippen LogP contribution in [-0.2, 0) is 0 Å². The number of aromatic nitrogens is 5. The molecule has 1 fully saturated rings. The Bertz CT molecular complexity index is 1250. The van der Waals surface area contributed by atoms with E-state index in [0.29, 0.717) is 17.6 Å². The van der Waals surface area contributed by atoms with Crippen LogP contribution in [-0.4, -0.2) is 68.6 Å². The molecule has 0 unspecified atom stereocenters. The second kappa shape index (κ2) is 9.52. The minimum atomic E-state index is 0.0738. The van der Waals surface area contributed by atoms with Gasteiger partial charge in [0, 0.05) is 68.7 Å². The molecule has 10 heteroatoms. The van der Waals surface area contributed by atoms with E-state index < -0.39 is 0 Å². The fraction of sp³-hybridized carbons (Fsp3) is 0.333. The summed E-state index contributed by atoms with van der Waals surface area (Å²) in [5.74, 6) is 2.67. The number of ether oxygens (including phenoxy) is 1. The Morgan fingerprint density at radius 3 is 2.53 bits per heavy atom. The van der Waals surface area contributed by atoms with E-state index in [4.69, 9.17) is 14.7 Å². The maximum Gasteiger partial charge on any atom is 0.231 e. The number of nitrogens with one attached hydrogen (secondary N) is 2. The lowest BCUT2D eigenvalue weighted by molar-refractivity contribution is 0.232. The number of likely N-dealkylation sites (N-methyl/N-ethyl adjacent to an activating group) is 1. The monoisotopic (exact) mass is 459 g/mol. The molecule has 1 aliphatic rings. The third-order valence-electron chi connectivity index (χ3n) is 5.56. The predicted molar refractivity (Wildman–Crippen MR) is 134 cm³/mol. The van der Waals surface area contributed by atoms with E-state index in [2.05, 4.69) is 37.4 Å². The summed E-state index contributed by atoms with van der Waals surface area (Å²) in [6.07, 6.45) is 7.47. The molecule has 0 aromatic carbocycles. The van der Waals surface area contributed by atoms with Crippen LogP contribution in [0.1, 0.15) is 13.8 Å². The smallest absolute Gasteiger partial charge is 0.231 e. The number of rotatable bonds is 7. The van der Waals surface area contributed by atoms with Crippen LogP contribution in [0.15, 0.2) is 55.1 Å². The molecule has 4 aromatic heterocycles. The molecule has 4 aromatic rings. The zero-order valence-corrected chi connectivity index (χ0v) is 19.6. The predicted octanol–water partition coefficient (Wildman–Crippen LogP) is 3.55. The van der Waals surface area contributed by atoms with Crippen LogP contribution in [0.2, 0.25) is 0 Å². The number of pyridine rings is 2. The first-order valence-electron chi connectivity index (χ1n) is 11.4. The second-order valence-electron chi connectivity index (χ2n) is 8.64. The Kier molecular flexibility index (Phi) is 6.13. The third-order valence-corrected chi connectivity index (χ3v) is 5.56. The van der Waals surface area contributed by atoms with Crippen molar-refractivity contribution in [2.24, 2.45) is 0 Å². The van der Waals surface area contributed by atoms with Gasteiger partial charge in [-0.15, -0.1) is 0 Å². The number of piperazine rings is 1. The van der Waals surface area contributed by atoms with Crippen molar-refractivity contribution in [2.45, 2.75) is 20.0 Å². The van der Waals surface area contributed by atoms with Crippen molar-refractivity contribution in [1.82, 2.24) is 29.2 Å². The van der Waals surface area contributed by atoms with Gasteiger partial charge in [-0.1, -0.05) is 0 Å². The molecular formula is C24H29N9O. The highest BCUT2D eigenvalue weighted by Gasteiger charge is 2.17. The van der Waals surface area contributed by atoms with Crippen LogP contribution < -0.4 is 20.3 Å². The first-order valence-corrected chi connectivity index (χ1v) is 11.4. The fourth-order valence-electron chi connectivity index (χ4n) is 3.78. The number of nitrogens with zero attached hydrogens (tertiary/aromatic N) is 7. The Balaban J connectivity index is 1.41. The first-order chi connectivity index (χ1) is 16.5. The molecule has 5 rings (SSSR count). The quantitative estimate of drug-likeness (QED) is 0.430. The zero-order valence-electron chi connectivity index (χ0n) is 19.6. The van der Waals surface area contributed by atoms with E-state index in [-0.39, 0.29) is 6.10 Å². The van der Waals surface area contributed by atoms with Gasteiger partial charge in [-0.25, -0.2) is 9.97 Å². The average Bonchev–Trinajstić information content (AvgIpc) is 3.28. The molecule has 5 heterocycles. The lowest BCUT2D eigenvalue weighted by Gasteiger charge is -2.33. The van der Waals surface area contributed by atoms with Crippen molar-refractivity contribution in [2.75, 3.05) is 48.8 Å². The molecule has 0 saturated carbocycles. The van der Waals surface area contributed by atoms with E-state index in [1.807, 2.05) is 61.0 Å². The number of imidazole rings is 1. The molecule has 1 saturated heterocycles. The number of fused-ring (bicyclic) bond motifs is 1. The molecule has 0 atom stereocenters. The summed E-state index contributed by atoms with van der Waals surface area (Å²) < 4.78 is 7.60. The van der Waals surface area contributed by atoms with Gasteiger partial charge in [0.05, 0.1) is 18.0 Å². The Labute approximate surface area is 198 Å². The van der Waals surface area contributed by atoms with Gasteiger partial charge in [0.25, 0.3) is 0 Å². The van der Waals surface area contributed by atoms with Gasteiger partial charge in [-0.05, 0) is 33.0 Å². The zero-order chi connectivity index (χ0) is 23.5. The van der Waals surface area contributed by atoms with Gasteiger partial charge in [0.1, 0.15) is 17.3 Å². The van der Waals surface area contributed by atoms with Gasteiger partial charge in [-0.3, -0.25) is 0 Å². The normalized spacial score (nSPS) is 14.5. The van der Waals surface area contributed by atoms with E-state index in [1.54, 1.807) is 12.4 Å². The standard InChI is InChI=1S/C24H29N9O/c1-17(2)34-23-5-4-19(16-26-23)28-24-29-20(15-22(30-24)33-12-10-31(3)11-13-33)27-18-6-8-32-9-7-25-21(32)14-18/h4-9,14-17H,10-13H2,1-3H3,(H2,27,28,29,30). The van der Waals surface area contributed by atoms with Crippen molar-refractivity contribution in [1.29, 1.82) is 0 Å². The molecule has 0 spiro atoms. The first kappa shape index (κ1) is 21.9. The topological polar surface area (TPSA) is 95.7 Å². The molecule has 2 N–H and O–H groups in total. The maximum absolute atomic E-state index is 5.64. The van der Waals surface area contributed by atoms with Crippen LogP contribution in [0.3, 0.4) is 0 Å². The molecular weight excluding hydrogens is 430 g/mol. The van der Waals surface area contributed by atoms with Crippen molar-refractivity contribution < 1.29 is 4.74 Å². The van der Waals surface area contributed by atoms with E-state index in [1.165, 1.54) is 0 Å². The van der Waals surface area contributed by atoms with Crippen molar-refractivity contribution >= 4 is 34.6 Å². The molecule has 10 nitrogen and oxygen atoms in total. The van der Waals surface area contributed by atoms with Crippen molar-refractivity contribution in [3.8, 4) is 5.88 Å². The molecule has 0 radical (unpaired) electrons. The fourth-order valence-corrected chi connectivity index (χ4v) is 3.78. The number of hydrogen-bond donors (Lipinski definition) is 2. The highest BCUT2D eigenvalue weighted by atomic mass is 16.5. The summed E-state index contributed by atoms with van der Waals surface area (Å²) in [5.41, 5.74) is 2.56. The molecule has 0 aliphatic carbocycles. The molecule has 34 heavy (non-hydrogen) atoms. The summed E-state index contributed by atoms with van der Waals surface area (Å²) in [7, 11) is 2.14. The molecule has 0 bridgehead atoms. The van der Waals surface area contributed by atoms with Crippen LogP contribution in [0, 0.1) is 0 Å².